The number of hydrogen-bond donors (Lipinski definition) is 1. The Kier molecular flexibility index (Phi) is 2.58. The number of hydrogen-bond acceptors (Lipinski definition) is 2. The molecule has 0 radical (unpaired) electrons. The largest absolute Gasteiger partial charge is 0.495 e. The molecular weight excluding hydrogens is 138 g/mol. The summed E-state index contributed by atoms with van der Waals surface area (Å²) in [4.78, 5) is 1.90. The quantitative estimate of drug-likeness (QED) is 0.485. The van der Waals surface area contributed by atoms with E-state index >= 15 is 0 Å². The van der Waals surface area contributed by atoms with Crippen LogP contribution in [0, 0.1) is 0 Å². The molecule has 0 bridgehead atoms. The minimum atomic E-state index is 0.176. The van der Waals surface area contributed by atoms with E-state index in [0.29, 0.717) is 6.04 Å². The Morgan fingerprint density at radius 3 is 2.73 bits per heavy atom. The molecule has 0 aliphatic carbocycles. The van der Waals surface area contributed by atoms with Gasteiger partial charge in [-0.3, -0.25) is 0 Å². The second kappa shape index (κ2) is 3.46. The highest BCUT2D eigenvalue weighted by Gasteiger charge is 2.19. The van der Waals surface area contributed by atoms with Crippen molar-refractivity contribution in [2.75, 3.05) is 6.54 Å². The minimum absolute atomic E-state index is 0.176. The van der Waals surface area contributed by atoms with Gasteiger partial charge in [-0.1, -0.05) is 6.08 Å². The molecular formula is C9H15NO. The molecule has 0 spiro atoms. The highest BCUT2D eigenvalue weighted by molar-refractivity contribution is 4.97. The zero-order valence-electron chi connectivity index (χ0n) is 6.79. The maximum atomic E-state index is 9.16. The molecule has 1 saturated heterocycles. The molecule has 1 rings (SSSR count). The van der Waals surface area contributed by atoms with Crippen molar-refractivity contribution >= 4 is 0 Å². The number of nitrogens with zero attached hydrogens (tertiary/aromatic N) is 1. The van der Waals surface area contributed by atoms with Gasteiger partial charge in [0.25, 0.3) is 0 Å². The van der Waals surface area contributed by atoms with Gasteiger partial charge < -0.3 is 10.0 Å². The summed E-state index contributed by atoms with van der Waals surface area (Å²) in [6.45, 7) is 8.14. The van der Waals surface area contributed by atoms with Crippen LogP contribution in [0.5, 0.6) is 0 Å². The summed E-state index contributed by atoms with van der Waals surface area (Å²) in [5.41, 5.74) is 0. The summed E-state index contributed by atoms with van der Waals surface area (Å²) in [5, 5.41) is 9.16. The maximum absolute atomic E-state index is 9.16. The highest BCUT2D eigenvalue weighted by atomic mass is 16.3. The van der Waals surface area contributed by atoms with Crippen molar-refractivity contribution < 1.29 is 5.11 Å². The number of piperidine rings is 1. The number of rotatable bonds is 2. The van der Waals surface area contributed by atoms with Crippen molar-refractivity contribution in [2.45, 2.75) is 25.3 Å². The van der Waals surface area contributed by atoms with Crippen molar-refractivity contribution in [3.8, 4) is 0 Å². The van der Waals surface area contributed by atoms with E-state index in [1.165, 1.54) is 6.42 Å². The lowest BCUT2D eigenvalue weighted by atomic mass is 10.0. The second-order valence-corrected chi connectivity index (χ2v) is 2.91. The molecule has 0 aromatic rings. The molecule has 1 fully saturated rings. The lowest BCUT2D eigenvalue weighted by Gasteiger charge is -2.34. The molecule has 11 heavy (non-hydrogen) atoms. The van der Waals surface area contributed by atoms with E-state index in [0.717, 1.165) is 19.4 Å². The third-order valence-corrected chi connectivity index (χ3v) is 2.15. The van der Waals surface area contributed by atoms with Crippen molar-refractivity contribution in [3.05, 3.63) is 25.1 Å². The fraction of sp³-hybridized carbons (Fsp3) is 0.556. The second-order valence-electron chi connectivity index (χ2n) is 2.91. The molecule has 1 aliphatic rings. The van der Waals surface area contributed by atoms with E-state index < -0.39 is 0 Å². The van der Waals surface area contributed by atoms with Gasteiger partial charge in [-0.2, -0.15) is 0 Å². The van der Waals surface area contributed by atoms with Crippen LogP contribution < -0.4 is 0 Å². The zero-order chi connectivity index (χ0) is 8.27. The van der Waals surface area contributed by atoms with Crippen LogP contribution in [0.2, 0.25) is 0 Å². The van der Waals surface area contributed by atoms with Crippen molar-refractivity contribution in [2.24, 2.45) is 0 Å². The summed E-state index contributed by atoms with van der Waals surface area (Å²) < 4.78 is 0. The van der Waals surface area contributed by atoms with E-state index in [4.69, 9.17) is 5.11 Å². The normalized spacial score (nSPS) is 24.7. The van der Waals surface area contributed by atoms with Crippen LogP contribution in [-0.2, 0) is 0 Å². The van der Waals surface area contributed by atoms with Gasteiger partial charge in [-0.25, -0.2) is 0 Å². The zero-order valence-corrected chi connectivity index (χ0v) is 6.79. The van der Waals surface area contributed by atoms with Crippen LogP contribution in [-0.4, -0.2) is 22.6 Å². The van der Waals surface area contributed by atoms with Crippen LogP contribution in [0.1, 0.15) is 19.3 Å². The first kappa shape index (κ1) is 8.18. The monoisotopic (exact) mass is 153 g/mol. The molecule has 1 atom stereocenters. The maximum Gasteiger partial charge on any atom is 0.179 e. The first-order valence-corrected chi connectivity index (χ1v) is 4.03. The van der Waals surface area contributed by atoms with Gasteiger partial charge in [0.2, 0.25) is 0 Å². The Hall–Kier alpha value is -0.920. The van der Waals surface area contributed by atoms with Crippen molar-refractivity contribution in [1.82, 2.24) is 4.90 Å². The lowest BCUT2D eigenvalue weighted by molar-refractivity contribution is 0.143. The predicted octanol–water partition coefficient (Wildman–Crippen LogP) is 2.06. The molecule has 1 N–H and O–H groups in total. The van der Waals surface area contributed by atoms with Gasteiger partial charge in [-0.05, 0) is 25.8 Å². The SMILES string of the molecule is C=CC1CCCCN1C(=C)O. The summed E-state index contributed by atoms with van der Waals surface area (Å²) in [7, 11) is 0. The first-order valence-electron chi connectivity index (χ1n) is 4.03. The molecule has 62 valence electrons. The molecule has 2 heteroatoms. The summed E-state index contributed by atoms with van der Waals surface area (Å²) in [5.74, 6) is 0.176. The van der Waals surface area contributed by atoms with Gasteiger partial charge in [-0.15, -0.1) is 6.58 Å². The van der Waals surface area contributed by atoms with E-state index in [1.807, 2.05) is 11.0 Å². The molecule has 0 amide bonds. The van der Waals surface area contributed by atoms with Crippen LogP contribution in [0.3, 0.4) is 0 Å². The van der Waals surface area contributed by atoms with Gasteiger partial charge >= 0.3 is 0 Å². The van der Waals surface area contributed by atoms with Crippen molar-refractivity contribution in [1.29, 1.82) is 0 Å². The number of aliphatic hydroxyl groups is 1. The third-order valence-electron chi connectivity index (χ3n) is 2.15. The predicted molar refractivity (Wildman–Crippen MR) is 46.3 cm³/mol. The Morgan fingerprint density at radius 1 is 1.55 bits per heavy atom. The Bertz CT molecular complexity index is 165. The van der Waals surface area contributed by atoms with E-state index in [9.17, 15) is 0 Å². The third kappa shape index (κ3) is 1.76. The number of likely N-dealkylation sites (tertiary alicyclic amines) is 1. The summed E-state index contributed by atoms with van der Waals surface area (Å²) in [6.07, 6.45) is 5.33. The minimum Gasteiger partial charge on any atom is -0.495 e. The molecule has 0 saturated carbocycles. The molecule has 1 aliphatic heterocycles. The molecule has 1 unspecified atom stereocenters. The van der Waals surface area contributed by atoms with Gasteiger partial charge in [0.1, 0.15) is 0 Å². The van der Waals surface area contributed by atoms with Crippen LogP contribution >= 0.6 is 0 Å². The Morgan fingerprint density at radius 2 is 2.27 bits per heavy atom. The Labute approximate surface area is 67.8 Å². The van der Waals surface area contributed by atoms with Crippen molar-refractivity contribution in [3.63, 3.8) is 0 Å². The average molecular weight is 153 g/mol. The summed E-state index contributed by atoms with van der Waals surface area (Å²) in [6, 6.07) is 0.293. The highest BCUT2D eigenvalue weighted by Crippen LogP contribution is 2.19. The average Bonchev–Trinajstić information content (AvgIpc) is 2.04. The van der Waals surface area contributed by atoms with Crippen LogP contribution in [0.25, 0.3) is 0 Å². The fourth-order valence-electron chi connectivity index (χ4n) is 1.52. The van der Waals surface area contributed by atoms with Gasteiger partial charge in [0.15, 0.2) is 5.88 Å². The van der Waals surface area contributed by atoms with E-state index in [-0.39, 0.29) is 5.88 Å². The number of aliphatic hydroxyl groups excluding tert-OH is 1. The first-order chi connectivity index (χ1) is 5.25. The fourth-order valence-corrected chi connectivity index (χ4v) is 1.52. The summed E-state index contributed by atoms with van der Waals surface area (Å²) >= 11 is 0. The van der Waals surface area contributed by atoms with Gasteiger partial charge in [0.05, 0.1) is 0 Å². The van der Waals surface area contributed by atoms with Gasteiger partial charge in [0, 0.05) is 12.6 Å². The van der Waals surface area contributed by atoms with E-state index in [1.54, 1.807) is 0 Å². The Balaban J connectivity index is 2.58. The van der Waals surface area contributed by atoms with Crippen LogP contribution in [0.4, 0.5) is 0 Å². The topological polar surface area (TPSA) is 23.5 Å². The molecule has 0 aromatic heterocycles. The smallest absolute Gasteiger partial charge is 0.179 e. The standard InChI is InChI=1S/C9H15NO/c1-3-9-6-4-5-7-10(9)8(2)11/h3,9,11H,1-2,4-7H2. The van der Waals surface area contributed by atoms with E-state index in [2.05, 4.69) is 13.2 Å². The molecule has 2 nitrogen and oxygen atoms in total. The molecule has 1 heterocycles. The lowest BCUT2D eigenvalue weighted by Crippen LogP contribution is -2.36. The molecule has 0 aromatic carbocycles. The van der Waals surface area contributed by atoms with Crippen LogP contribution in [0.15, 0.2) is 25.1 Å².